The third-order valence-corrected chi connectivity index (χ3v) is 4.66. The summed E-state index contributed by atoms with van der Waals surface area (Å²) in [6.07, 6.45) is 0. The topological polar surface area (TPSA) is 97.1 Å². The fraction of sp³-hybridized carbons (Fsp3) is 0.190. The molecule has 0 aliphatic heterocycles. The number of pyridine rings is 1. The minimum Gasteiger partial charge on any atom is -0.408 e. The second-order valence-electron chi connectivity index (χ2n) is 6.97. The molecule has 0 saturated carbocycles. The predicted octanol–water partition coefficient (Wildman–Crippen LogP) is 3.20. The van der Waals surface area contributed by atoms with Crippen LogP contribution in [0.4, 0.5) is 5.69 Å². The Hall–Kier alpha value is -3.61. The van der Waals surface area contributed by atoms with E-state index in [1.807, 2.05) is 19.9 Å². The van der Waals surface area contributed by atoms with Gasteiger partial charge in [-0.2, -0.15) is 0 Å². The summed E-state index contributed by atoms with van der Waals surface area (Å²) in [7, 11) is 0. The molecule has 2 N–H and O–H groups in total. The maximum atomic E-state index is 12.5. The highest BCUT2D eigenvalue weighted by Crippen LogP contribution is 2.25. The number of anilines is 1. The third-order valence-electron chi connectivity index (χ3n) is 4.66. The van der Waals surface area contributed by atoms with Crippen LogP contribution in [-0.2, 0) is 11.3 Å². The van der Waals surface area contributed by atoms with Gasteiger partial charge in [0.05, 0.1) is 11.0 Å². The zero-order valence-electron chi connectivity index (χ0n) is 15.5. The standard InChI is InChI=1S/C21H19N3O4/c1-12(2)15-10-19(25)23-16-9-13(7-8-14(15)16)22-20(26)11-24-17-5-3-4-6-18(17)28-21(24)27/h3-10,12H,11H2,1-2H3,(H,22,26)(H,23,25). The Morgan fingerprint density at radius 3 is 2.71 bits per heavy atom. The molecule has 28 heavy (non-hydrogen) atoms. The number of nitrogens with one attached hydrogen (secondary N) is 2. The number of amides is 1. The van der Waals surface area contributed by atoms with Crippen LogP contribution in [0.2, 0.25) is 0 Å². The highest BCUT2D eigenvalue weighted by Gasteiger charge is 2.13. The number of H-pyrrole nitrogens is 1. The van der Waals surface area contributed by atoms with Crippen molar-refractivity contribution in [1.82, 2.24) is 9.55 Å². The summed E-state index contributed by atoms with van der Waals surface area (Å²) in [6.45, 7) is 3.88. The van der Waals surface area contributed by atoms with Crippen molar-refractivity contribution in [2.75, 3.05) is 5.32 Å². The van der Waals surface area contributed by atoms with Crippen LogP contribution >= 0.6 is 0 Å². The summed E-state index contributed by atoms with van der Waals surface area (Å²) < 4.78 is 6.43. The minimum absolute atomic E-state index is 0.170. The summed E-state index contributed by atoms with van der Waals surface area (Å²) in [5.74, 6) is -0.748. The molecule has 0 bridgehead atoms. The number of aromatic amines is 1. The molecule has 7 nitrogen and oxygen atoms in total. The van der Waals surface area contributed by atoms with Gasteiger partial charge in [-0.1, -0.05) is 32.0 Å². The fourth-order valence-corrected chi connectivity index (χ4v) is 3.35. The average molecular weight is 377 g/mol. The molecule has 0 atom stereocenters. The smallest absolute Gasteiger partial charge is 0.408 e. The number of carbonyl (C=O) groups is 1. The lowest BCUT2D eigenvalue weighted by Crippen LogP contribution is -2.24. The molecule has 0 aliphatic rings. The number of fused-ring (bicyclic) bond motifs is 2. The zero-order chi connectivity index (χ0) is 19.8. The summed E-state index contributed by atoms with van der Waals surface area (Å²) in [6, 6.07) is 13.9. The molecule has 0 fully saturated rings. The van der Waals surface area contributed by atoms with Crippen molar-refractivity contribution in [2.45, 2.75) is 26.3 Å². The molecule has 4 rings (SSSR count). The van der Waals surface area contributed by atoms with E-state index < -0.39 is 5.76 Å². The molecule has 0 aliphatic carbocycles. The number of carbonyl (C=O) groups excluding carboxylic acids is 1. The van der Waals surface area contributed by atoms with Crippen LogP contribution < -0.4 is 16.6 Å². The summed E-state index contributed by atoms with van der Waals surface area (Å²) in [5, 5.41) is 3.70. The molecule has 2 aromatic carbocycles. The number of oxazole rings is 1. The van der Waals surface area contributed by atoms with Gasteiger partial charge in [0.1, 0.15) is 6.54 Å². The van der Waals surface area contributed by atoms with E-state index >= 15 is 0 Å². The Morgan fingerprint density at radius 2 is 1.93 bits per heavy atom. The summed E-state index contributed by atoms with van der Waals surface area (Å²) in [4.78, 5) is 39.2. The first kappa shape index (κ1) is 17.8. The van der Waals surface area contributed by atoms with Crippen molar-refractivity contribution in [2.24, 2.45) is 0 Å². The number of benzene rings is 2. The molecule has 1 amide bonds. The van der Waals surface area contributed by atoms with Gasteiger partial charge in [-0.15, -0.1) is 0 Å². The van der Waals surface area contributed by atoms with Crippen molar-refractivity contribution in [3.63, 3.8) is 0 Å². The number of hydrogen-bond acceptors (Lipinski definition) is 4. The van der Waals surface area contributed by atoms with Crippen LogP contribution in [0.3, 0.4) is 0 Å². The number of hydrogen-bond donors (Lipinski definition) is 2. The van der Waals surface area contributed by atoms with Gasteiger partial charge in [-0.05, 0) is 35.7 Å². The van der Waals surface area contributed by atoms with Crippen molar-refractivity contribution < 1.29 is 9.21 Å². The van der Waals surface area contributed by atoms with Gasteiger partial charge in [0, 0.05) is 17.1 Å². The van der Waals surface area contributed by atoms with E-state index in [-0.39, 0.29) is 23.9 Å². The lowest BCUT2D eigenvalue weighted by Gasteiger charge is -2.11. The van der Waals surface area contributed by atoms with Gasteiger partial charge in [0.25, 0.3) is 0 Å². The first-order valence-electron chi connectivity index (χ1n) is 8.97. The van der Waals surface area contributed by atoms with Crippen molar-refractivity contribution in [3.8, 4) is 0 Å². The average Bonchev–Trinajstić information content (AvgIpc) is 2.96. The van der Waals surface area contributed by atoms with E-state index in [1.165, 1.54) is 4.57 Å². The Labute approximate surface area is 159 Å². The van der Waals surface area contributed by atoms with Gasteiger partial charge in [0.15, 0.2) is 5.58 Å². The maximum absolute atomic E-state index is 12.5. The van der Waals surface area contributed by atoms with Gasteiger partial charge in [0.2, 0.25) is 11.5 Å². The van der Waals surface area contributed by atoms with Crippen LogP contribution in [-0.4, -0.2) is 15.5 Å². The van der Waals surface area contributed by atoms with Crippen LogP contribution in [0.15, 0.2) is 62.5 Å². The van der Waals surface area contributed by atoms with E-state index in [9.17, 15) is 14.4 Å². The monoisotopic (exact) mass is 377 g/mol. The highest BCUT2D eigenvalue weighted by molar-refractivity contribution is 5.94. The van der Waals surface area contributed by atoms with E-state index in [2.05, 4.69) is 10.3 Å². The molecular formula is C21H19N3O4. The molecule has 0 unspecified atom stereocenters. The van der Waals surface area contributed by atoms with Gasteiger partial charge in [-0.25, -0.2) is 4.79 Å². The molecule has 2 aromatic heterocycles. The van der Waals surface area contributed by atoms with Crippen LogP contribution in [0.1, 0.15) is 25.3 Å². The van der Waals surface area contributed by atoms with Crippen LogP contribution in [0.5, 0.6) is 0 Å². The lowest BCUT2D eigenvalue weighted by atomic mass is 9.99. The van der Waals surface area contributed by atoms with Crippen molar-refractivity contribution >= 4 is 33.6 Å². The molecule has 0 spiro atoms. The largest absolute Gasteiger partial charge is 0.420 e. The van der Waals surface area contributed by atoms with E-state index in [4.69, 9.17) is 4.42 Å². The fourth-order valence-electron chi connectivity index (χ4n) is 3.35. The lowest BCUT2D eigenvalue weighted by molar-refractivity contribution is -0.116. The van der Waals surface area contributed by atoms with Gasteiger partial charge in [-0.3, -0.25) is 14.2 Å². The molecule has 7 heteroatoms. The SMILES string of the molecule is CC(C)c1cc(=O)[nH]c2cc(NC(=O)Cn3c(=O)oc4ccccc43)ccc12. The number of rotatable bonds is 4. The Balaban J connectivity index is 1.62. The quantitative estimate of drug-likeness (QED) is 0.571. The molecule has 0 radical (unpaired) electrons. The summed E-state index contributed by atoms with van der Waals surface area (Å²) >= 11 is 0. The van der Waals surface area contributed by atoms with Crippen molar-refractivity contribution in [1.29, 1.82) is 0 Å². The summed E-state index contributed by atoms with van der Waals surface area (Å²) in [5.41, 5.74) is 2.95. The Bertz CT molecular complexity index is 1310. The zero-order valence-corrected chi connectivity index (χ0v) is 15.5. The van der Waals surface area contributed by atoms with Crippen LogP contribution in [0.25, 0.3) is 22.0 Å². The van der Waals surface area contributed by atoms with Gasteiger partial charge < -0.3 is 14.7 Å². The second kappa shape index (κ2) is 6.84. The number of para-hydroxylation sites is 2. The molecule has 0 saturated heterocycles. The van der Waals surface area contributed by atoms with Crippen LogP contribution in [0, 0.1) is 0 Å². The molecular weight excluding hydrogens is 358 g/mol. The molecule has 2 heterocycles. The number of nitrogens with zero attached hydrogens (tertiary/aromatic N) is 1. The van der Waals surface area contributed by atoms with E-state index in [0.29, 0.717) is 22.3 Å². The minimum atomic E-state index is -0.583. The first-order valence-corrected chi connectivity index (χ1v) is 8.97. The molecule has 142 valence electrons. The van der Waals surface area contributed by atoms with E-state index in [0.717, 1.165) is 10.9 Å². The maximum Gasteiger partial charge on any atom is 0.420 e. The number of aromatic nitrogens is 2. The normalized spacial score (nSPS) is 11.4. The highest BCUT2D eigenvalue weighted by atomic mass is 16.4. The predicted molar refractivity (Wildman–Crippen MR) is 108 cm³/mol. The van der Waals surface area contributed by atoms with E-state index in [1.54, 1.807) is 42.5 Å². The second-order valence-corrected chi connectivity index (χ2v) is 6.97. The molecule has 4 aromatic rings. The van der Waals surface area contributed by atoms with Gasteiger partial charge >= 0.3 is 5.76 Å². The Morgan fingerprint density at radius 1 is 1.14 bits per heavy atom. The first-order chi connectivity index (χ1) is 13.4. The van der Waals surface area contributed by atoms with Crippen molar-refractivity contribution in [3.05, 3.63) is 75.0 Å². The third kappa shape index (κ3) is 3.22. The Kier molecular flexibility index (Phi) is 4.35.